The first-order chi connectivity index (χ1) is 11.5. The van der Waals surface area contributed by atoms with E-state index in [0.29, 0.717) is 11.4 Å². The number of hydrogen-bond donors (Lipinski definition) is 2. The molecule has 0 bridgehead atoms. The molecule has 1 aliphatic carbocycles. The van der Waals surface area contributed by atoms with Crippen LogP contribution >= 0.6 is 11.6 Å². The molecule has 3 rings (SSSR count). The minimum Gasteiger partial charge on any atom is -0.506 e. The topological polar surface area (TPSA) is 67.8 Å². The third-order valence-electron chi connectivity index (χ3n) is 4.20. The van der Waals surface area contributed by atoms with Crippen LogP contribution < -0.4 is 14.8 Å². The summed E-state index contributed by atoms with van der Waals surface area (Å²) >= 11 is 6.03. The molecule has 0 heterocycles. The van der Waals surface area contributed by atoms with Crippen molar-refractivity contribution in [2.75, 3.05) is 19.5 Å². The van der Waals surface area contributed by atoms with E-state index in [4.69, 9.17) is 21.1 Å². The molecular formula is C18H18ClNO4. The summed E-state index contributed by atoms with van der Waals surface area (Å²) < 4.78 is 10.6. The number of amides is 1. The van der Waals surface area contributed by atoms with Crippen LogP contribution in [0.2, 0.25) is 5.02 Å². The summed E-state index contributed by atoms with van der Waals surface area (Å²) in [6, 6.07) is 10.3. The second-order valence-corrected chi connectivity index (χ2v) is 6.09. The fourth-order valence-electron chi connectivity index (χ4n) is 2.81. The number of hydrogen-bond acceptors (Lipinski definition) is 4. The van der Waals surface area contributed by atoms with Crippen LogP contribution in [0.3, 0.4) is 0 Å². The highest BCUT2D eigenvalue weighted by Gasteiger charge is 2.45. The van der Waals surface area contributed by atoms with E-state index in [2.05, 4.69) is 5.32 Å². The van der Waals surface area contributed by atoms with Crippen molar-refractivity contribution in [3.63, 3.8) is 0 Å². The van der Waals surface area contributed by atoms with E-state index in [-0.39, 0.29) is 29.2 Å². The van der Waals surface area contributed by atoms with Crippen molar-refractivity contribution in [3.05, 3.63) is 47.0 Å². The second kappa shape index (κ2) is 6.61. The van der Waals surface area contributed by atoms with Crippen molar-refractivity contribution < 1.29 is 19.4 Å². The Morgan fingerprint density at radius 1 is 1.25 bits per heavy atom. The number of carbonyl (C=O) groups excluding carboxylic acids is 1. The Kier molecular flexibility index (Phi) is 4.53. The van der Waals surface area contributed by atoms with E-state index in [1.807, 2.05) is 18.2 Å². The smallest absolute Gasteiger partial charge is 0.228 e. The molecule has 0 radical (unpaired) electrons. The van der Waals surface area contributed by atoms with Gasteiger partial charge >= 0.3 is 0 Å². The van der Waals surface area contributed by atoms with Crippen molar-refractivity contribution in [1.29, 1.82) is 0 Å². The number of anilines is 1. The zero-order chi connectivity index (χ0) is 17.3. The normalized spacial score (nSPS) is 18.8. The number of methoxy groups -OCH3 is 2. The molecule has 0 spiro atoms. The van der Waals surface area contributed by atoms with Crippen LogP contribution in [0, 0.1) is 5.92 Å². The summed E-state index contributed by atoms with van der Waals surface area (Å²) in [5.41, 5.74) is 1.19. The van der Waals surface area contributed by atoms with E-state index in [1.165, 1.54) is 6.07 Å². The third-order valence-corrected chi connectivity index (χ3v) is 4.52. The molecule has 1 amide bonds. The maximum atomic E-state index is 12.5. The molecule has 2 aromatic carbocycles. The van der Waals surface area contributed by atoms with Gasteiger partial charge in [0.25, 0.3) is 0 Å². The molecule has 2 aromatic rings. The Morgan fingerprint density at radius 3 is 2.71 bits per heavy atom. The molecule has 0 aromatic heterocycles. The third kappa shape index (κ3) is 3.12. The first kappa shape index (κ1) is 16.5. The van der Waals surface area contributed by atoms with Gasteiger partial charge in [0.1, 0.15) is 22.9 Å². The molecular weight excluding hydrogens is 330 g/mol. The van der Waals surface area contributed by atoms with Gasteiger partial charge in [-0.3, -0.25) is 4.79 Å². The molecule has 2 N–H and O–H groups in total. The average molecular weight is 348 g/mol. The lowest BCUT2D eigenvalue weighted by Crippen LogP contribution is -2.15. The fraction of sp³-hybridized carbons (Fsp3) is 0.278. The van der Waals surface area contributed by atoms with Gasteiger partial charge in [-0.15, -0.1) is 0 Å². The highest BCUT2D eigenvalue weighted by atomic mass is 35.5. The molecule has 0 saturated heterocycles. The highest BCUT2D eigenvalue weighted by molar-refractivity contribution is 6.34. The van der Waals surface area contributed by atoms with Crippen LogP contribution in [0.1, 0.15) is 17.9 Å². The SMILES string of the molecule is COc1ccc(OC)c([C@@H]2C[C@H]2C(=O)Nc2c(O)cccc2Cl)c1. The van der Waals surface area contributed by atoms with Gasteiger partial charge in [-0.25, -0.2) is 0 Å². The number of nitrogens with one attached hydrogen (secondary N) is 1. The van der Waals surface area contributed by atoms with E-state index in [0.717, 1.165) is 17.1 Å². The molecule has 5 nitrogen and oxygen atoms in total. The number of phenolic OH excluding ortho intramolecular Hbond substituents is 1. The summed E-state index contributed by atoms with van der Waals surface area (Å²) in [6.45, 7) is 0. The summed E-state index contributed by atoms with van der Waals surface area (Å²) in [5, 5.41) is 12.9. The quantitative estimate of drug-likeness (QED) is 0.807. The molecule has 24 heavy (non-hydrogen) atoms. The number of carbonyl (C=O) groups is 1. The Hall–Kier alpha value is -2.40. The van der Waals surface area contributed by atoms with Crippen LogP contribution in [0.5, 0.6) is 17.2 Å². The van der Waals surface area contributed by atoms with Crippen molar-refractivity contribution in [1.82, 2.24) is 0 Å². The molecule has 1 fully saturated rings. The lowest BCUT2D eigenvalue weighted by Gasteiger charge is -2.11. The average Bonchev–Trinajstić information content (AvgIpc) is 3.38. The van der Waals surface area contributed by atoms with Crippen molar-refractivity contribution in [3.8, 4) is 17.2 Å². The first-order valence-corrected chi connectivity index (χ1v) is 7.93. The lowest BCUT2D eigenvalue weighted by molar-refractivity contribution is -0.117. The van der Waals surface area contributed by atoms with Crippen LogP contribution in [0.4, 0.5) is 5.69 Å². The minimum absolute atomic E-state index is 0.0491. The molecule has 0 unspecified atom stereocenters. The molecule has 1 saturated carbocycles. The molecule has 1 aliphatic rings. The van der Waals surface area contributed by atoms with E-state index in [1.54, 1.807) is 26.4 Å². The van der Waals surface area contributed by atoms with Gasteiger partial charge in [0.05, 0.1) is 19.2 Å². The van der Waals surface area contributed by atoms with Crippen molar-refractivity contribution >= 4 is 23.2 Å². The van der Waals surface area contributed by atoms with Gasteiger partial charge in [-0.05, 0) is 36.8 Å². The molecule has 0 aliphatic heterocycles. The number of para-hydroxylation sites is 1. The number of benzene rings is 2. The van der Waals surface area contributed by atoms with Crippen molar-refractivity contribution in [2.24, 2.45) is 5.92 Å². The van der Waals surface area contributed by atoms with Crippen LogP contribution in [-0.4, -0.2) is 25.2 Å². The predicted molar refractivity (Wildman–Crippen MR) is 92.1 cm³/mol. The minimum atomic E-state index is -0.193. The number of ether oxygens (including phenoxy) is 2. The number of rotatable bonds is 5. The second-order valence-electron chi connectivity index (χ2n) is 5.68. The summed E-state index contributed by atoms with van der Waals surface area (Å²) in [7, 11) is 3.20. The number of phenols is 1. The van der Waals surface area contributed by atoms with Gasteiger partial charge in [0, 0.05) is 17.4 Å². The largest absolute Gasteiger partial charge is 0.506 e. The standard InChI is InChI=1S/C18H18ClNO4/c1-23-10-6-7-16(24-2)12(8-10)11-9-13(11)18(22)20-17-14(19)4-3-5-15(17)21/h3-8,11,13,21H,9H2,1-2H3,(H,20,22)/t11-,13+/m0/s1. The predicted octanol–water partition coefficient (Wildman–Crippen LogP) is 3.81. The van der Waals surface area contributed by atoms with E-state index < -0.39 is 0 Å². The van der Waals surface area contributed by atoms with Crippen LogP contribution in [0.25, 0.3) is 0 Å². The maximum Gasteiger partial charge on any atom is 0.228 e. The fourth-order valence-corrected chi connectivity index (χ4v) is 3.03. The lowest BCUT2D eigenvalue weighted by atomic mass is 10.1. The number of aromatic hydroxyl groups is 1. The maximum absolute atomic E-state index is 12.5. The van der Waals surface area contributed by atoms with E-state index in [9.17, 15) is 9.90 Å². The molecule has 6 heteroatoms. The Labute approximate surface area is 145 Å². The number of halogens is 1. The summed E-state index contributed by atoms with van der Waals surface area (Å²) in [5.74, 6) is 1.10. The van der Waals surface area contributed by atoms with Gasteiger partial charge < -0.3 is 19.9 Å². The Morgan fingerprint density at radius 2 is 2.04 bits per heavy atom. The van der Waals surface area contributed by atoms with Gasteiger partial charge in [-0.1, -0.05) is 17.7 Å². The zero-order valence-corrected chi connectivity index (χ0v) is 14.1. The zero-order valence-electron chi connectivity index (χ0n) is 13.4. The monoisotopic (exact) mass is 347 g/mol. The Balaban J connectivity index is 1.77. The van der Waals surface area contributed by atoms with Gasteiger partial charge in [-0.2, -0.15) is 0 Å². The van der Waals surface area contributed by atoms with Crippen LogP contribution in [-0.2, 0) is 4.79 Å². The molecule has 2 atom stereocenters. The summed E-state index contributed by atoms with van der Waals surface area (Å²) in [6.07, 6.45) is 0.709. The first-order valence-electron chi connectivity index (χ1n) is 7.55. The van der Waals surface area contributed by atoms with E-state index >= 15 is 0 Å². The van der Waals surface area contributed by atoms with Crippen LogP contribution in [0.15, 0.2) is 36.4 Å². The van der Waals surface area contributed by atoms with Gasteiger partial charge in [0.15, 0.2) is 0 Å². The molecule has 126 valence electrons. The Bertz CT molecular complexity index is 757. The highest BCUT2D eigenvalue weighted by Crippen LogP contribution is 2.52. The summed E-state index contributed by atoms with van der Waals surface area (Å²) in [4.78, 5) is 12.5. The van der Waals surface area contributed by atoms with Crippen molar-refractivity contribution in [2.45, 2.75) is 12.3 Å². The van der Waals surface area contributed by atoms with Gasteiger partial charge in [0.2, 0.25) is 5.91 Å².